The first kappa shape index (κ1) is 13.8. The van der Waals surface area contributed by atoms with Crippen LogP contribution in [0.5, 0.6) is 0 Å². The van der Waals surface area contributed by atoms with Gasteiger partial charge in [-0.25, -0.2) is 4.98 Å². The van der Waals surface area contributed by atoms with E-state index in [0.717, 1.165) is 16.3 Å². The van der Waals surface area contributed by atoms with Gasteiger partial charge >= 0.3 is 0 Å². The number of aromatic nitrogens is 2. The molecule has 4 heteroatoms. The Hall–Kier alpha value is -2.12. The van der Waals surface area contributed by atoms with Gasteiger partial charge in [-0.15, -0.1) is 11.3 Å². The zero-order chi connectivity index (χ0) is 15.1. The molecular weight excluding hydrogens is 278 g/mol. The first-order valence-corrected chi connectivity index (χ1v) is 7.76. The SMILES string of the molecule is Cc1ccc(-c2c(C)sc3nc(C)c(CC#N)n23)c(C)c1. The molecule has 0 aliphatic heterocycles. The van der Waals surface area contributed by atoms with Gasteiger partial charge in [-0.1, -0.05) is 23.8 Å². The van der Waals surface area contributed by atoms with Crippen LogP contribution in [0.25, 0.3) is 16.2 Å². The summed E-state index contributed by atoms with van der Waals surface area (Å²) in [6.07, 6.45) is 0.390. The monoisotopic (exact) mass is 295 g/mol. The lowest BCUT2D eigenvalue weighted by Crippen LogP contribution is -1.97. The summed E-state index contributed by atoms with van der Waals surface area (Å²) in [5, 5.41) is 9.09. The molecule has 0 amide bonds. The molecule has 3 aromatic rings. The number of imidazole rings is 1. The van der Waals surface area contributed by atoms with E-state index in [4.69, 9.17) is 5.26 Å². The van der Waals surface area contributed by atoms with Crippen LogP contribution in [0.4, 0.5) is 0 Å². The molecule has 21 heavy (non-hydrogen) atoms. The van der Waals surface area contributed by atoms with E-state index in [-0.39, 0.29) is 0 Å². The maximum atomic E-state index is 9.09. The molecule has 0 aliphatic rings. The van der Waals surface area contributed by atoms with Gasteiger partial charge in [-0.05, 0) is 33.3 Å². The highest BCUT2D eigenvalue weighted by Crippen LogP contribution is 2.35. The molecule has 0 fully saturated rings. The molecule has 0 saturated carbocycles. The number of rotatable bonds is 2. The number of aryl methyl sites for hydroxylation is 4. The van der Waals surface area contributed by atoms with Gasteiger partial charge in [0.2, 0.25) is 0 Å². The second kappa shape index (κ2) is 5.01. The number of hydrogen-bond acceptors (Lipinski definition) is 3. The average Bonchev–Trinajstić information content (AvgIpc) is 2.87. The zero-order valence-electron chi connectivity index (χ0n) is 12.7. The second-order valence-corrected chi connectivity index (χ2v) is 6.60. The molecule has 2 heterocycles. The van der Waals surface area contributed by atoms with Gasteiger partial charge in [-0.2, -0.15) is 5.26 Å². The minimum atomic E-state index is 0.390. The Morgan fingerprint density at radius 3 is 2.67 bits per heavy atom. The first-order chi connectivity index (χ1) is 10.0. The Kier molecular flexibility index (Phi) is 3.30. The van der Waals surface area contributed by atoms with Gasteiger partial charge in [0.15, 0.2) is 4.96 Å². The molecule has 1 aromatic carbocycles. The van der Waals surface area contributed by atoms with E-state index in [9.17, 15) is 0 Å². The van der Waals surface area contributed by atoms with Crippen molar-refractivity contribution in [1.82, 2.24) is 9.38 Å². The third-order valence-electron chi connectivity index (χ3n) is 3.83. The highest BCUT2D eigenvalue weighted by Gasteiger charge is 2.19. The normalized spacial score (nSPS) is 11.0. The summed E-state index contributed by atoms with van der Waals surface area (Å²) < 4.78 is 2.16. The van der Waals surface area contributed by atoms with Crippen LogP contribution < -0.4 is 0 Å². The molecule has 0 saturated heterocycles. The van der Waals surface area contributed by atoms with E-state index in [1.807, 2.05) is 6.92 Å². The summed E-state index contributed by atoms with van der Waals surface area (Å²) >= 11 is 1.69. The first-order valence-electron chi connectivity index (χ1n) is 6.95. The molecule has 0 atom stereocenters. The predicted molar refractivity (Wildman–Crippen MR) is 86.8 cm³/mol. The number of nitrogens with zero attached hydrogens (tertiary/aromatic N) is 3. The van der Waals surface area contributed by atoms with Crippen molar-refractivity contribution < 1.29 is 0 Å². The third kappa shape index (κ3) is 2.14. The number of benzene rings is 1. The van der Waals surface area contributed by atoms with Crippen molar-refractivity contribution in [3.63, 3.8) is 0 Å². The standard InChI is InChI=1S/C17H17N3S/c1-10-5-6-14(11(2)9-10)16-13(4)21-17-19-12(3)15(7-8-18)20(16)17/h5-6,9H,7H2,1-4H3. The smallest absolute Gasteiger partial charge is 0.194 e. The molecular formula is C17H17N3S. The quantitative estimate of drug-likeness (QED) is 0.704. The Labute approximate surface area is 128 Å². The van der Waals surface area contributed by atoms with Gasteiger partial charge in [0.25, 0.3) is 0 Å². The van der Waals surface area contributed by atoms with Gasteiger partial charge in [0.05, 0.1) is 29.6 Å². The fourth-order valence-electron chi connectivity index (χ4n) is 2.85. The van der Waals surface area contributed by atoms with E-state index >= 15 is 0 Å². The highest BCUT2D eigenvalue weighted by molar-refractivity contribution is 7.17. The molecule has 3 rings (SSSR count). The van der Waals surface area contributed by atoms with E-state index < -0.39 is 0 Å². The number of fused-ring (bicyclic) bond motifs is 1. The Balaban J connectivity index is 2.36. The van der Waals surface area contributed by atoms with E-state index in [1.54, 1.807) is 11.3 Å². The van der Waals surface area contributed by atoms with Crippen LogP contribution >= 0.6 is 11.3 Å². The van der Waals surface area contributed by atoms with Crippen molar-refractivity contribution in [3.05, 3.63) is 45.6 Å². The largest absolute Gasteiger partial charge is 0.286 e. The maximum absolute atomic E-state index is 9.09. The molecule has 106 valence electrons. The average molecular weight is 295 g/mol. The zero-order valence-corrected chi connectivity index (χ0v) is 13.5. The molecule has 0 bridgehead atoms. The second-order valence-electron chi connectivity index (χ2n) is 5.42. The predicted octanol–water partition coefficient (Wildman–Crippen LogP) is 4.36. The van der Waals surface area contributed by atoms with Gasteiger partial charge in [0.1, 0.15) is 0 Å². The summed E-state index contributed by atoms with van der Waals surface area (Å²) in [6.45, 7) is 8.35. The third-order valence-corrected chi connectivity index (χ3v) is 4.78. The summed E-state index contributed by atoms with van der Waals surface area (Å²) in [6, 6.07) is 8.77. The summed E-state index contributed by atoms with van der Waals surface area (Å²) in [5.41, 5.74) is 6.88. The minimum Gasteiger partial charge on any atom is -0.286 e. The number of nitriles is 1. The molecule has 0 radical (unpaired) electrons. The molecule has 3 nitrogen and oxygen atoms in total. The number of thiazole rings is 1. The molecule has 0 N–H and O–H groups in total. The lowest BCUT2D eigenvalue weighted by molar-refractivity contribution is 1.05. The van der Waals surface area contributed by atoms with Crippen molar-refractivity contribution in [2.75, 3.05) is 0 Å². The lowest BCUT2D eigenvalue weighted by Gasteiger charge is -2.09. The number of hydrogen-bond donors (Lipinski definition) is 0. The van der Waals surface area contributed by atoms with Gasteiger partial charge < -0.3 is 0 Å². The summed E-state index contributed by atoms with van der Waals surface area (Å²) in [5.74, 6) is 0. The van der Waals surface area contributed by atoms with E-state index in [0.29, 0.717) is 6.42 Å². The Morgan fingerprint density at radius 2 is 2.00 bits per heavy atom. The van der Waals surface area contributed by atoms with Gasteiger partial charge in [-0.3, -0.25) is 4.40 Å². The van der Waals surface area contributed by atoms with Crippen molar-refractivity contribution in [2.45, 2.75) is 34.1 Å². The van der Waals surface area contributed by atoms with Gasteiger partial charge in [0, 0.05) is 10.4 Å². The summed E-state index contributed by atoms with van der Waals surface area (Å²) in [4.78, 5) is 6.83. The maximum Gasteiger partial charge on any atom is 0.194 e. The highest BCUT2D eigenvalue weighted by atomic mass is 32.1. The van der Waals surface area contributed by atoms with Crippen LogP contribution in [0, 0.1) is 39.0 Å². The Bertz CT molecular complexity index is 878. The topological polar surface area (TPSA) is 41.1 Å². The van der Waals surface area contributed by atoms with E-state index in [1.165, 1.54) is 27.3 Å². The molecule has 0 spiro atoms. The van der Waals surface area contributed by atoms with Crippen LogP contribution in [-0.2, 0) is 6.42 Å². The van der Waals surface area contributed by atoms with Crippen molar-refractivity contribution in [1.29, 1.82) is 5.26 Å². The van der Waals surface area contributed by atoms with Crippen molar-refractivity contribution >= 4 is 16.3 Å². The van der Waals surface area contributed by atoms with Crippen LogP contribution in [0.3, 0.4) is 0 Å². The molecule has 0 unspecified atom stereocenters. The van der Waals surface area contributed by atoms with Crippen LogP contribution in [0.2, 0.25) is 0 Å². The van der Waals surface area contributed by atoms with Crippen LogP contribution in [0.15, 0.2) is 18.2 Å². The fourth-order valence-corrected chi connectivity index (χ4v) is 3.90. The molecule has 2 aromatic heterocycles. The van der Waals surface area contributed by atoms with Crippen molar-refractivity contribution in [2.24, 2.45) is 0 Å². The Morgan fingerprint density at radius 1 is 1.24 bits per heavy atom. The lowest BCUT2D eigenvalue weighted by atomic mass is 10.0. The molecule has 0 aliphatic carbocycles. The van der Waals surface area contributed by atoms with Crippen molar-refractivity contribution in [3.8, 4) is 17.3 Å². The van der Waals surface area contributed by atoms with E-state index in [2.05, 4.69) is 54.4 Å². The fraction of sp³-hybridized carbons (Fsp3) is 0.294. The summed E-state index contributed by atoms with van der Waals surface area (Å²) in [7, 11) is 0. The van der Waals surface area contributed by atoms with Crippen LogP contribution in [-0.4, -0.2) is 9.38 Å². The van der Waals surface area contributed by atoms with Crippen LogP contribution in [0.1, 0.15) is 27.4 Å². The minimum absolute atomic E-state index is 0.390.